The molecule has 2 aromatic rings. The maximum absolute atomic E-state index is 10.3. The van der Waals surface area contributed by atoms with Gasteiger partial charge in [-0.15, -0.1) is 0 Å². The minimum Gasteiger partial charge on any atom is -0.491 e. The zero-order valence-electron chi connectivity index (χ0n) is 14.3. The van der Waals surface area contributed by atoms with Crippen LogP contribution in [0.4, 0.5) is 0 Å². The van der Waals surface area contributed by atoms with Gasteiger partial charge in [-0.3, -0.25) is 9.58 Å². The van der Waals surface area contributed by atoms with E-state index < -0.39 is 6.10 Å². The fourth-order valence-electron chi connectivity index (χ4n) is 3.28. The minimum atomic E-state index is -0.531. The van der Waals surface area contributed by atoms with E-state index in [4.69, 9.17) is 10.00 Å². The maximum Gasteiger partial charge on any atom is 0.119 e. The predicted octanol–water partition coefficient (Wildman–Crippen LogP) is 1.85. The third-order valence-corrected chi connectivity index (χ3v) is 4.55. The highest BCUT2D eigenvalue weighted by Gasteiger charge is 2.26. The molecule has 6 nitrogen and oxygen atoms in total. The lowest BCUT2D eigenvalue weighted by Gasteiger charge is -2.26. The summed E-state index contributed by atoms with van der Waals surface area (Å²) >= 11 is 0. The van der Waals surface area contributed by atoms with Crippen molar-refractivity contribution in [1.29, 1.82) is 5.26 Å². The smallest absolute Gasteiger partial charge is 0.119 e. The molecule has 25 heavy (non-hydrogen) atoms. The number of nitrogens with zero attached hydrogens (tertiary/aromatic N) is 4. The summed E-state index contributed by atoms with van der Waals surface area (Å²) in [5.74, 6) is 0.718. The molecule has 6 heteroatoms. The standard InChI is InChI=1S/C19H24N4O2/c20-9-8-16-4-6-19(7-5-16)25-15-18(24)14-22-11-1-3-17(22)13-23-12-2-10-21-23/h2,4-7,10,12,17-18,24H,1,3,8,11,13-15H2. The average molecular weight is 340 g/mol. The van der Waals surface area contributed by atoms with Gasteiger partial charge in [0, 0.05) is 25.0 Å². The first kappa shape index (κ1) is 17.5. The van der Waals surface area contributed by atoms with Gasteiger partial charge in [-0.1, -0.05) is 12.1 Å². The van der Waals surface area contributed by atoms with Gasteiger partial charge in [0.05, 0.1) is 19.0 Å². The molecule has 1 aromatic heterocycles. The summed E-state index contributed by atoms with van der Waals surface area (Å²) in [6, 6.07) is 11.9. The first-order chi connectivity index (χ1) is 12.2. The number of likely N-dealkylation sites (tertiary alicyclic amines) is 1. The Hall–Kier alpha value is -2.36. The van der Waals surface area contributed by atoms with Gasteiger partial charge in [-0.2, -0.15) is 10.4 Å². The molecule has 0 radical (unpaired) electrons. The second kappa shape index (κ2) is 8.65. The Morgan fingerprint density at radius 3 is 2.92 bits per heavy atom. The van der Waals surface area contributed by atoms with Gasteiger partial charge in [-0.25, -0.2) is 0 Å². The molecule has 1 N–H and O–H groups in total. The lowest BCUT2D eigenvalue weighted by Crippen LogP contribution is -2.40. The van der Waals surface area contributed by atoms with Crippen molar-refractivity contribution in [2.24, 2.45) is 0 Å². The van der Waals surface area contributed by atoms with E-state index in [1.807, 2.05) is 41.2 Å². The average Bonchev–Trinajstić information content (AvgIpc) is 3.28. The highest BCUT2D eigenvalue weighted by Crippen LogP contribution is 2.19. The van der Waals surface area contributed by atoms with Crippen LogP contribution in [0.25, 0.3) is 0 Å². The molecule has 0 aliphatic carbocycles. The summed E-state index contributed by atoms with van der Waals surface area (Å²) in [4.78, 5) is 2.33. The molecule has 2 unspecified atom stereocenters. The zero-order valence-corrected chi connectivity index (χ0v) is 14.3. The van der Waals surface area contributed by atoms with Crippen LogP contribution < -0.4 is 4.74 Å². The molecule has 132 valence electrons. The van der Waals surface area contributed by atoms with Crippen LogP contribution in [0.5, 0.6) is 5.75 Å². The number of rotatable bonds is 8. The van der Waals surface area contributed by atoms with E-state index in [1.165, 1.54) is 0 Å². The third-order valence-electron chi connectivity index (χ3n) is 4.55. The number of β-amino-alcohol motifs (C(OH)–C–C–N with tert-alkyl or cyclic N) is 1. The summed E-state index contributed by atoms with van der Waals surface area (Å²) in [7, 11) is 0. The number of aliphatic hydroxyl groups is 1. The quantitative estimate of drug-likeness (QED) is 0.794. The Morgan fingerprint density at radius 2 is 2.20 bits per heavy atom. The van der Waals surface area contributed by atoms with Crippen LogP contribution >= 0.6 is 0 Å². The lowest BCUT2D eigenvalue weighted by atomic mass is 10.2. The summed E-state index contributed by atoms with van der Waals surface area (Å²) in [6.45, 7) is 2.74. The number of aromatic nitrogens is 2. The van der Waals surface area contributed by atoms with Crippen molar-refractivity contribution >= 4 is 0 Å². The van der Waals surface area contributed by atoms with Crippen LogP contribution in [0.1, 0.15) is 18.4 Å². The van der Waals surface area contributed by atoms with Crippen LogP contribution in [0.15, 0.2) is 42.7 Å². The third kappa shape index (κ3) is 5.05. The molecule has 1 aliphatic rings. The van der Waals surface area contributed by atoms with Crippen LogP contribution in [0.3, 0.4) is 0 Å². The Bertz CT molecular complexity index is 678. The van der Waals surface area contributed by atoms with Gasteiger partial charge in [0.2, 0.25) is 0 Å². The second-order valence-corrected chi connectivity index (χ2v) is 6.46. The van der Waals surface area contributed by atoms with Crippen molar-refractivity contribution < 1.29 is 9.84 Å². The fraction of sp³-hybridized carbons (Fsp3) is 0.474. The molecule has 1 aliphatic heterocycles. The Balaban J connectivity index is 1.45. The number of nitriles is 1. The van der Waals surface area contributed by atoms with Crippen LogP contribution in [-0.2, 0) is 13.0 Å². The van der Waals surface area contributed by atoms with E-state index in [9.17, 15) is 5.11 Å². The molecule has 2 heterocycles. The van der Waals surface area contributed by atoms with Gasteiger partial charge in [-0.05, 0) is 43.1 Å². The van der Waals surface area contributed by atoms with E-state index in [0.29, 0.717) is 19.0 Å². The van der Waals surface area contributed by atoms with E-state index in [2.05, 4.69) is 16.1 Å². The van der Waals surface area contributed by atoms with Crippen molar-refractivity contribution in [2.45, 2.75) is 38.0 Å². The van der Waals surface area contributed by atoms with Gasteiger partial charge >= 0.3 is 0 Å². The van der Waals surface area contributed by atoms with Crippen molar-refractivity contribution in [2.75, 3.05) is 19.7 Å². The predicted molar refractivity (Wildman–Crippen MR) is 94.1 cm³/mol. The fourth-order valence-corrected chi connectivity index (χ4v) is 3.28. The molecule has 3 rings (SSSR count). The van der Waals surface area contributed by atoms with E-state index in [1.54, 1.807) is 6.20 Å². The van der Waals surface area contributed by atoms with E-state index in [0.717, 1.165) is 37.2 Å². The number of aliphatic hydroxyl groups excluding tert-OH is 1. The van der Waals surface area contributed by atoms with Crippen LogP contribution in [0.2, 0.25) is 0 Å². The highest BCUT2D eigenvalue weighted by atomic mass is 16.5. The van der Waals surface area contributed by atoms with Gasteiger partial charge < -0.3 is 9.84 Å². The first-order valence-electron chi connectivity index (χ1n) is 8.73. The largest absolute Gasteiger partial charge is 0.491 e. The number of hydrogen-bond donors (Lipinski definition) is 1. The van der Waals surface area contributed by atoms with Gasteiger partial charge in [0.25, 0.3) is 0 Å². The molecule has 1 fully saturated rings. The Labute approximate surface area is 148 Å². The Morgan fingerprint density at radius 1 is 1.36 bits per heavy atom. The van der Waals surface area contributed by atoms with Crippen LogP contribution in [0, 0.1) is 11.3 Å². The maximum atomic E-state index is 10.3. The molecule has 0 saturated carbocycles. The van der Waals surface area contributed by atoms with Crippen molar-refractivity contribution in [3.8, 4) is 11.8 Å². The van der Waals surface area contributed by atoms with Crippen LogP contribution in [-0.4, -0.2) is 51.6 Å². The summed E-state index contributed by atoms with van der Waals surface area (Å²) < 4.78 is 7.63. The van der Waals surface area contributed by atoms with Crippen molar-refractivity contribution in [1.82, 2.24) is 14.7 Å². The number of hydrogen-bond acceptors (Lipinski definition) is 5. The van der Waals surface area contributed by atoms with E-state index >= 15 is 0 Å². The summed E-state index contributed by atoms with van der Waals surface area (Å²) in [5, 5.41) is 23.3. The molecular weight excluding hydrogens is 316 g/mol. The number of benzene rings is 1. The van der Waals surface area contributed by atoms with Gasteiger partial charge in [0.1, 0.15) is 18.5 Å². The molecule has 0 spiro atoms. The van der Waals surface area contributed by atoms with E-state index in [-0.39, 0.29) is 6.61 Å². The molecule has 1 saturated heterocycles. The van der Waals surface area contributed by atoms with Crippen molar-refractivity contribution in [3.05, 3.63) is 48.3 Å². The Kier molecular flexibility index (Phi) is 6.04. The second-order valence-electron chi connectivity index (χ2n) is 6.46. The summed E-state index contributed by atoms with van der Waals surface area (Å²) in [6.07, 6.45) is 5.93. The van der Waals surface area contributed by atoms with Crippen molar-refractivity contribution in [3.63, 3.8) is 0 Å². The molecule has 0 bridgehead atoms. The SMILES string of the molecule is N#CCc1ccc(OCC(O)CN2CCCC2Cn2cccn2)cc1. The minimum absolute atomic E-state index is 0.266. The molecule has 0 amide bonds. The molecular formula is C19H24N4O2. The first-order valence-corrected chi connectivity index (χ1v) is 8.73. The normalized spacial score (nSPS) is 18.8. The molecule has 1 aromatic carbocycles. The monoisotopic (exact) mass is 340 g/mol. The lowest BCUT2D eigenvalue weighted by molar-refractivity contribution is 0.0609. The topological polar surface area (TPSA) is 74.3 Å². The van der Waals surface area contributed by atoms with Gasteiger partial charge in [0.15, 0.2) is 0 Å². The summed E-state index contributed by atoms with van der Waals surface area (Å²) in [5.41, 5.74) is 0.967. The zero-order chi connectivity index (χ0) is 17.5. The highest BCUT2D eigenvalue weighted by molar-refractivity contribution is 5.28. The number of ether oxygens (including phenoxy) is 1. The molecule has 2 atom stereocenters.